The van der Waals surface area contributed by atoms with Crippen LogP contribution in [0.2, 0.25) is 18.1 Å². The van der Waals surface area contributed by atoms with E-state index >= 15 is 0 Å². The van der Waals surface area contributed by atoms with Crippen molar-refractivity contribution in [2.75, 3.05) is 6.61 Å². The van der Waals surface area contributed by atoms with Crippen molar-refractivity contribution in [2.24, 2.45) is 0 Å². The number of cyclic esters (lactones) is 1. The minimum atomic E-state index is -1.86. The van der Waals surface area contributed by atoms with Gasteiger partial charge in [0, 0.05) is 18.1 Å². The first kappa shape index (κ1) is 25.6. The van der Waals surface area contributed by atoms with Crippen LogP contribution >= 0.6 is 0 Å². The lowest BCUT2D eigenvalue weighted by Crippen LogP contribution is -2.44. The summed E-state index contributed by atoms with van der Waals surface area (Å²) in [6.45, 7) is 14.4. The summed E-state index contributed by atoms with van der Waals surface area (Å²) in [5.74, 6) is -0.153. The fourth-order valence-corrected chi connectivity index (χ4v) is 5.25. The third kappa shape index (κ3) is 9.23. The molecule has 174 valence electrons. The predicted octanol–water partition coefficient (Wildman–Crippen LogP) is 6.94. The summed E-state index contributed by atoms with van der Waals surface area (Å²) in [6, 6.07) is 0. The average Bonchev–Trinajstić information content (AvgIpc) is 3.40. The molecule has 1 fully saturated rings. The zero-order valence-electron chi connectivity index (χ0n) is 20.4. The second-order valence-electron chi connectivity index (χ2n) is 10.9. The van der Waals surface area contributed by atoms with E-state index in [1.807, 2.05) is 13.0 Å². The van der Waals surface area contributed by atoms with E-state index in [0.29, 0.717) is 12.5 Å². The number of esters is 1. The van der Waals surface area contributed by atoms with E-state index in [9.17, 15) is 4.79 Å². The summed E-state index contributed by atoms with van der Waals surface area (Å²) in [5.41, 5.74) is 0.808. The molecule has 0 aliphatic carbocycles. The van der Waals surface area contributed by atoms with Gasteiger partial charge in [0.1, 0.15) is 6.10 Å². The molecule has 0 unspecified atom stereocenters. The monoisotopic (exact) mass is 438 g/mol. The Bertz CT molecular complexity index is 560. The second kappa shape index (κ2) is 11.8. The van der Waals surface area contributed by atoms with Crippen LogP contribution in [0.5, 0.6) is 0 Å². The maximum absolute atomic E-state index is 12.1. The number of carbonyl (C=O) groups excluding carboxylic acids is 1. The van der Waals surface area contributed by atoms with E-state index in [1.165, 1.54) is 57.8 Å². The number of rotatable bonds is 15. The number of unbranched alkanes of at least 4 members (excludes halogenated alkanes) is 7. The average molecular weight is 439 g/mol. The lowest BCUT2D eigenvalue weighted by atomic mass is 10.0. The fraction of sp³-hybridized carbons (Fsp3) is 0.880. The molecule has 0 aromatic heterocycles. The minimum Gasteiger partial charge on any atom is -0.455 e. The minimum absolute atomic E-state index is 0.0992. The molecule has 0 spiro atoms. The summed E-state index contributed by atoms with van der Waals surface area (Å²) < 4.78 is 17.3. The molecule has 0 saturated carbocycles. The highest BCUT2D eigenvalue weighted by molar-refractivity contribution is 6.74. The molecular weight excluding hydrogens is 392 g/mol. The smallest absolute Gasteiger partial charge is 0.334 e. The first-order chi connectivity index (χ1) is 14.1. The van der Waals surface area contributed by atoms with Crippen LogP contribution in [0.25, 0.3) is 0 Å². The van der Waals surface area contributed by atoms with E-state index in [1.54, 1.807) is 0 Å². The Balaban J connectivity index is 1.68. The molecule has 0 radical (unpaired) electrons. The maximum atomic E-state index is 12.1. The lowest BCUT2D eigenvalue weighted by molar-refractivity contribution is -0.139. The number of hydrogen-bond acceptors (Lipinski definition) is 4. The van der Waals surface area contributed by atoms with Crippen LogP contribution in [0, 0.1) is 0 Å². The fourth-order valence-electron chi connectivity index (χ4n) is 3.86. The normalized spacial score (nSPS) is 22.7. The summed E-state index contributed by atoms with van der Waals surface area (Å²) in [5, 5.41) is 0.175. The third-order valence-corrected chi connectivity index (χ3v) is 11.4. The molecule has 2 aliphatic heterocycles. The zero-order valence-corrected chi connectivity index (χ0v) is 21.4. The molecule has 1 saturated heterocycles. The van der Waals surface area contributed by atoms with Crippen LogP contribution in [0.15, 0.2) is 11.6 Å². The van der Waals surface area contributed by atoms with Crippen molar-refractivity contribution in [3.8, 4) is 0 Å². The van der Waals surface area contributed by atoms with E-state index in [-0.39, 0.29) is 23.2 Å². The van der Waals surface area contributed by atoms with Gasteiger partial charge in [-0.2, -0.15) is 0 Å². The van der Waals surface area contributed by atoms with Crippen LogP contribution in [-0.2, 0) is 18.7 Å². The van der Waals surface area contributed by atoms with Crippen molar-refractivity contribution in [1.29, 1.82) is 0 Å². The molecule has 0 aromatic rings. The van der Waals surface area contributed by atoms with Gasteiger partial charge >= 0.3 is 5.97 Å². The molecule has 0 N–H and O–H groups in total. The molecule has 2 aliphatic rings. The molecule has 0 aromatic carbocycles. The maximum Gasteiger partial charge on any atom is 0.334 e. The molecule has 2 heterocycles. The Morgan fingerprint density at radius 1 is 1.07 bits per heavy atom. The van der Waals surface area contributed by atoms with E-state index < -0.39 is 8.32 Å². The van der Waals surface area contributed by atoms with Gasteiger partial charge in [0.05, 0.1) is 12.7 Å². The van der Waals surface area contributed by atoms with Gasteiger partial charge in [-0.1, -0.05) is 72.1 Å². The van der Waals surface area contributed by atoms with Gasteiger partial charge in [-0.25, -0.2) is 4.79 Å². The first-order valence-electron chi connectivity index (χ1n) is 12.3. The molecule has 0 bridgehead atoms. The number of hydrogen-bond donors (Lipinski definition) is 0. The summed E-state index contributed by atoms with van der Waals surface area (Å²) in [4.78, 5) is 12.1. The molecule has 3 atom stereocenters. The van der Waals surface area contributed by atoms with Crippen molar-refractivity contribution >= 4 is 14.3 Å². The highest BCUT2D eigenvalue weighted by Gasteiger charge is 2.39. The van der Waals surface area contributed by atoms with Crippen LogP contribution in [0.4, 0.5) is 0 Å². The van der Waals surface area contributed by atoms with Crippen molar-refractivity contribution in [2.45, 2.75) is 135 Å². The highest BCUT2D eigenvalue weighted by atomic mass is 28.4. The lowest BCUT2D eigenvalue weighted by Gasteiger charge is -2.39. The van der Waals surface area contributed by atoms with Crippen molar-refractivity contribution in [3.63, 3.8) is 0 Å². The van der Waals surface area contributed by atoms with Crippen LogP contribution in [-0.4, -0.2) is 39.2 Å². The van der Waals surface area contributed by atoms with Crippen molar-refractivity contribution in [1.82, 2.24) is 0 Å². The Hall–Kier alpha value is -0.653. The van der Waals surface area contributed by atoms with Crippen molar-refractivity contribution < 1.29 is 18.7 Å². The molecule has 4 nitrogen and oxygen atoms in total. The number of epoxide rings is 1. The van der Waals surface area contributed by atoms with Gasteiger partial charge in [-0.3, -0.25) is 0 Å². The van der Waals surface area contributed by atoms with Crippen LogP contribution in [0.1, 0.15) is 98.3 Å². The predicted molar refractivity (Wildman–Crippen MR) is 126 cm³/mol. The van der Waals surface area contributed by atoms with Gasteiger partial charge in [-0.15, -0.1) is 0 Å². The van der Waals surface area contributed by atoms with Gasteiger partial charge in [0.15, 0.2) is 8.32 Å². The Morgan fingerprint density at radius 3 is 2.13 bits per heavy atom. The zero-order chi connectivity index (χ0) is 22.2. The molecular formula is C25H46O4Si. The van der Waals surface area contributed by atoms with Crippen LogP contribution in [0.3, 0.4) is 0 Å². The number of ether oxygens (including phenoxy) is 2. The highest BCUT2D eigenvalue weighted by Crippen LogP contribution is 2.39. The van der Waals surface area contributed by atoms with Crippen LogP contribution < -0.4 is 0 Å². The topological polar surface area (TPSA) is 48.1 Å². The molecule has 5 heteroatoms. The van der Waals surface area contributed by atoms with E-state index in [0.717, 1.165) is 18.6 Å². The summed E-state index contributed by atoms with van der Waals surface area (Å²) in [6.07, 6.45) is 16.1. The summed E-state index contributed by atoms with van der Waals surface area (Å²) >= 11 is 0. The van der Waals surface area contributed by atoms with Gasteiger partial charge in [-0.05, 0) is 44.0 Å². The third-order valence-electron chi connectivity index (χ3n) is 6.91. The Kier molecular flexibility index (Phi) is 10.1. The van der Waals surface area contributed by atoms with Gasteiger partial charge in [0.2, 0.25) is 0 Å². The van der Waals surface area contributed by atoms with Crippen molar-refractivity contribution in [3.05, 3.63) is 11.6 Å². The van der Waals surface area contributed by atoms with Gasteiger partial charge in [0.25, 0.3) is 0 Å². The van der Waals surface area contributed by atoms with E-state index in [4.69, 9.17) is 13.9 Å². The SMILES string of the molecule is C[C@H]1C=C(C[C@@H](CCCCCCCCCC[C@H]2CO2)O[Si](C)(C)C(C)(C)C)C(=O)O1. The Morgan fingerprint density at radius 2 is 1.63 bits per heavy atom. The number of carbonyl (C=O) groups is 1. The Labute approximate surface area is 186 Å². The quantitative estimate of drug-likeness (QED) is 0.120. The first-order valence-corrected chi connectivity index (χ1v) is 15.2. The molecule has 0 amide bonds. The molecule has 30 heavy (non-hydrogen) atoms. The standard InChI is InChI=1S/C25H46O4Si/c1-20-17-21(24(26)28-20)18-22(29-30(5,6)25(2,3)4)15-13-11-9-7-8-10-12-14-16-23-19-27-23/h17,20,22-23H,7-16,18-19H2,1-6H3/t20-,22+,23-/m0/s1. The van der Waals surface area contributed by atoms with Gasteiger partial charge < -0.3 is 13.9 Å². The van der Waals surface area contributed by atoms with E-state index in [2.05, 4.69) is 33.9 Å². The molecule has 2 rings (SSSR count). The largest absolute Gasteiger partial charge is 0.455 e. The summed E-state index contributed by atoms with van der Waals surface area (Å²) in [7, 11) is -1.86. The second-order valence-corrected chi connectivity index (χ2v) is 15.6.